The topological polar surface area (TPSA) is 161 Å². The number of rotatable bonds is 5. The molecule has 10 nitrogen and oxygen atoms in total. The molecule has 0 aliphatic heterocycles. The zero-order valence-electron chi connectivity index (χ0n) is 9.65. The molecule has 0 bridgehead atoms. The number of halogens is 2. The molecule has 2 N–H and O–H groups in total. The number of nitro groups is 2. The number of carbonyl (C=O) groups is 2. The molecule has 0 aliphatic rings. The first kappa shape index (κ1) is 17.0. The van der Waals surface area contributed by atoms with E-state index in [1.54, 1.807) is 0 Å². The predicted octanol–water partition coefficient (Wildman–Crippen LogP) is 2.28. The highest BCUT2D eigenvalue weighted by atomic mass is 79.9. The lowest BCUT2D eigenvalue weighted by molar-refractivity contribution is -0.423. The van der Waals surface area contributed by atoms with E-state index >= 15 is 0 Å². The third-order valence-electron chi connectivity index (χ3n) is 2.37. The zero-order valence-corrected chi connectivity index (χ0v) is 12.8. The molecule has 0 radical (unpaired) electrons. The van der Waals surface area contributed by atoms with Crippen molar-refractivity contribution in [2.45, 2.75) is 5.92 Å². The summed E-state index contributed by atoms with van der Waals surface area (Å²) < 4.78 is -0.375. The molecule has 0 fully saturated rings. The van der Waals surface area contributed by atoms with Gasteiger partial charge in [-0.25, -0.2) is 0 Å². The number of nitro benzene ring substituents is 2. The molecule has 0 unspecified atom stereocenters. The number of benzene rings is 1. The van der Waals surface area contributed by atoms with E-state index in [0.29, 0.717) is 0 Å². The summed E-state index contributed by atoms with van der Waals surface area (Å²) in [5.74, 6) is -6.07. The van der Waals surface area contributed by atoms with Crippen molar-refractivity contribution in [2.75, 3.05) is 0 Å². The van der Waals surface area contributed by atoms with E-state index in [4.69, 9.17) is 10.2 Å². The Balaban J connectivity index is 3.90. The van der Waals surface area contributed by atoms with Crippen molar-refractivity contribution < 1.29 is 29.6 Å². The maximum absolute atomic E-state index is 11.0. The molecule has 1 aromatic rings. The number of nitrogens with zero attached hydrogens (tertiary/aromatic N) is 2. The molecule has 0 amide bonds. The van der Waals surface area contributed by atoms with Gasteiger partial charge in [0.05, 0.1) is 15.4 Å². The molecule has 12 heteroatoms. The van der Waals surface area contributed by atoms with Gasteiger partial charge in [0, 0.05) is 4.47 Å². The minimum absolute atomic E-state index is 0.0812. The number of hydrogen-bond acceptors (Lipinski definition) is 6. The molecule has 0 aliphatic carbocycles. The lowest BCUT2D eigenvalue weighted by Gasteiger charge is -2.10. The Kier molecular flexibility index (Phi) is 4.96. The largest absolute Gasteiger partial charge is 0.480 e. The fourth-order valence-electron chi connectivity index (χ4n) is 1.57. The smallest absolute Gasteiger partial charge is 0.361 e. The van der Waals surface area contributed by atoms with Crippen molar-refractivity contribution in [1.29, 1.82) is 0 Å². The molecular weight excluding hydrogens is 424 g/mol. The third kappa shape index (κ3) is 3.16. The first-order valence-corrected chi connectivity index (χ1v) is 6.44. The molecule has 21 heavy (non-hydrogen) atoms. The van der Waals surface area contributed by atoms with E-state index in [1.807, 2.05) is 0 Å². The molecule has 1 rings (SSSR count). The standard InChI is InChI=1S/C9H4Br2N2O8/c10-3-1-2(4(8(14)15)9(16)17)6(12(18)19)7(5(3)11)13(20)21/h1,4H,(H,14,15)(H,16,17). The normalized spacial score (nSPS) is 10.4. The zero-order chi connectivity index (χ0) is 16.5. The summed E-state index contributed by atoms with van der Waals surface area (Å²) in [6.45, 7) is 0. The fraction of sp³-hybridized carbons (Fsp3) is 0.111. The summed E-state index contributed by atoms with van der Waals surface area (Å²) in [5, 5.41) is 39.8. The molecule has 0 heterocycles. The van der Waals surface area contributed by atoms with Crippen molar-refractivity contribution in [2.24, 2.45) is 0 Å². The Hall–Kier alpha value is -2.08. The van der Waals surface area contributed by atoms with Gasteiger partial charge in [-0.2, -0.15) is 0 Å². The lowest BCUT2D eigenvalue weighted by Crippen LogP contribution is -2.22. The monoisotopic (exact) mass is 426 g/mol. The van der Waals surface area contributed by atoms with Crippen molar-refractivity contribution in [3.05, 3.63) is 40.8 Å². The SMILES string of the molecule is O=C(O)C(C(=O)O)c1cc(Br)c(Br)c([N+](=O)[O-])c1[N+](=O)[O-]. The van der Waals surface area contributed by atoms with Crippen LogP contribution < -0.4 is 0 Å². The van der Waals surface area contributed by atoms with E-state index in [9.17, 15) is 29.8 Å². The fourth-order valence-corrected chi connectivity index (χ4v) is 2.45. The van der Waals surface area contributed by atoms with Crippen LogP contribution >= 0.6 is 31.9 Å². The summed E-state index contributed by atoms with van der Waals surface area (Å²) in [5.41, 5.74) is -3.02. The molecule has 1 aromatic carbocycles. The van der Waals surface area contributed by atoms with Crippen LogP contribution in [0.15, 0.2) is 15.0 Å². The first-order valence-electron chi connectivity index (χ1n) is 4.85. The van der Waals surface area contributed by atoms with Gasteiger partial charge in [0.2, 0.25) is 0 Å². The van der Waals surface area contributed by atoms with Crippen molar-refractivity contribution in [1.82, 2.24) is 0 Å². The number of hydrogen-bond donors (Lipinski definition) is 2. The van der Waals surface area contributed by atoms with Crippen LogP contribution in [0, 0.1) is 20.2 Å². The average Bonchev–Trinajstić information content (AvgIpc) is 2.30. The van der Waals surface area contributed by atoms with Gasteiger partial charge in [-0.1, -0.05) is 0 Å². The minimum Gasteiger partial charge on any atom is -0.480 e. The molecular formula is C9H4Br2N2O8. The maximum atomic E-state index is 11.0. The second-order valence-electron chi connectivity index (χ2n) is 3.58. The lowest BCUT2D eigenvalue weighted by atomic mass is 9.96. The molecule has 0 saturated heterocycles. The van der Waals surface area contributed by atoms with E-state index in [1.165, 1.54) is 0 Å². The maximum Gasteiger partial charge on any atom is 0.361 e. The van der Waals surface area contributed by atoms with Crippen molar-refractivity contribution >= 4 is 55.2 Å². The average molecular weight is 428 g/mol. The summed E-state index contributed by atoms with van der Waals surface area (Å²) in [6.07, 6.45) is 0. The van der Waals surface area contributed by atoms with Crippen LogP contribution in [0.3, 0.4) is 0 Å². The quantitative estimate of drug-likeness (QED) is 0.410. The van der Waals surface area contributed by atoms with E-state index in [0.717, 1.165) is 6.07 Å². The summed E-state index contributed by atoms with van der Waals surface area (Å²) in [4.78, 5) is 41.7. The molecule has 0 saturated carbocycles. The molecule has 112 valence electrons. The third-order valence-corrected chi connectivity index (χ3v) is 4.33. The van der Waals surface area contributed by atoms with Crippen molar-refractivity contribution in [3.63, 3.8) is 0 Å². The highest BCUT2D eigenvalue weighted by Crippen LogP contribution is 2.44. The molecule has 0 spiro atoms. The Morgan fingerprint density at radius 2 is 1.48 bits per heavy atom. The summed E-state index contributed by atoms with van der Waals surface area (Å²) in [7, 11) is 0. The van der Waals surface area contributed by atoms with Gasteiger partial charge < -0.3 is 10.2 Å². The van der Waals surface area contributed by atoms with E-state index in [2.05, 4.69) is 31.9 Å². The van der Waals surface area contributed by atoms with Crippen LogP contribution in [0.1, 0.15) is 11.5 Å². The summed E-state index contributed by atoms with van der Waals surface area (Å²) >= 11 is 5.62. The van der Waals surface area contributed by atoms with Crippen LogP contribution in [0.25, 0.3) is 0 Å². The number of aliphatic carboxylic acids is 2. The van der Waals surface area contributed by atoms with Crippen LogP contribution in [-0.2, 0) is 9.59 Å². The van der Waals surface area contributed by atoms with Crippen LogP contribution in [0.4, 0.5) is 11.4 Å². The Labute approximate surface area is 131 Å². The van der Waals surface area contributed by atoms with Gasteiger partial charge in [-0.15, -0.1) is 0 Å². The van der Waals surface area contributed by atoms with Gasteiger partial charge in [0.25, 0.3) is 0 Å². The highest BCUT2D eigenvalue weighted by Gasteiger charge is 2.41. The van der Waals surface area contributed by atoms with E-state index < -0.39 is 44.6 Å². The van der Waals surface area contributed by atoms with Gasteiger partial charge in [0.15, 0.2) is 5.92 Å². The van der Waals surface area contributed by atoms with Crippen LogP contribution in [-0.4, -0.2) is 32.0 Å². The number of carboxylic acids is 2. The first-order chi connectivity index (χ1) is 9.59. The Morgan fingerprint density at radius 1 is 1.05 bits per heavy atom. The molecule has 0 atom stereocenters. The van der Waals surface area contributed by atoms with Gasteiger partial charge in [0.1, 0.15) is 4.47 Å². The number of carboxylic acid groups (broad SMARTS) is 2. The van der Waals surface area contributed by atoms with Crippen LogP contribution in [0.2, 0.25) is 0 Å². The van der Waals surface area contributed by atoms with Gasteiger partial charge in [-0.3, -0.25) is 29.8 Å². The Bertz CT molecular complexity index is 660. The van der Waals surface area contributed by atoms with Crippen LogP contribution in [0.5, 0.6) is 0 Å². The predicted molar refractivity (Wildman–Crippen MR) is 73.2 cm³/mol. The van der Waals surface area contributed by atoms with E-state index in [-0.39, 0.29) is 8.95 Å². The Morgan fingerprint density at radius 3 is 1.81 bits per heavy atom. The van der Waals surface area contributed by atoms with Gasteiger partial charge in [-0.05, 0) is 37.9 Å². The minimum atomic E-state index is -2.31. The van der Waals surface area contributed by atoms with Crippen molar-refractivity contribution in [3.8, 4) is 0 Å². The highest BCUT2D eigenvalue weighted by molar-refractivity contribution is 9.13. The second-order valence-corrected chi connectivity index (χ2v) is 5.23. The summed E-state index contributed by atoms with van der Waals surface area (Å²) in [6, 6.07) is 0.849. The second kappa shape index (κ2) is 6.13. The van der Waals surface area contributed by atoms with Gasteiger partial charge >= 0.3 is 23.3 Å². The molecule has 0 aromatic heterocycles.